The maximum absolute atomic E-state index is 6.08. The van der Waals surface area contributed by atoms with Crippen LogP contribution in [0.3, 0.4) is 0 Å². The van der Waals surface area contributed by atoms with Crippen LogP contribution in [-0.4, -0.2) is 19.6 Å². The summed E-state index contributed by atoms with van der Waals surface area (Å²) in [6.45, 7) is 4.29. The van der Waals surface area contributed by atoms with Crippen LogP contribution >= 0.6 is 11.6 Å². The Bertz CT molecular complexity index is 461. The molecule has 0 saturated heterocycles. The van der Waals surface area contributed by atoms with Crippen LogP contribution in [0, 0.1) is 0 Å². The molecule has 2 aromatic heterocycles. The summed E-state index contributed by atoms with van der Waals surface area (Å²) in [5.74, 6) is 1.34. The van der Waals surface area contributed by atoms with Gasteiger partial charge < -0.3 is 0 Å². The fraction of sp³-hybridized carbons (Fsp3) is 0.500. The molecule has 2 heterocycles. The van der Waals surface area contributed by atoms with E-state index in [1.165, 1.54) is 0 Å². The monoisotopic (exact) mass is 224 g/mol. The molecule has 80 valence electrons. The molecule has 4 nitrogen and oxygen atoms in total. The Balaban J connectivity index is 2.61. The molecule has 0 unspecified atom stereocenters. The lowest BCUT2D eigenvalue weighted by atomic mass is 10.0. The highest BCUT2D eigenvalue weighted by Crippen LogP contribution is 2.23. The summed E-state index contributed by atoms with van der Waals surface area (Å²) in [6, 6.07) is 0. The summed E-state index contributed by atoms with van der Waals surface area (Å²) < 4.78 is 1.87. The highest BCUT2D eigenvalue weighted by atomic mass is 35.5. The molecule has 5 heteroatoms. The first kappa shape index (κ1) is 10.4. The number of hydrogen-bond acceptors (Lipinski definition) is 3. The third kappa shape index (κ3) is 1.69. The second-order valence-corrected chi connectivity index (χ2v) is 3.88. The first-order chi connectivity index (χ1) is 7.27. The van der Waals surface area contributed by atoms with Crippen LogP contribution < -0.4 is 0 Å². The predicted molar refractivity (Wildman–Crippen MR) is 59.1 cm³/mol. The molecule has 0 N–H and O–H groups in total. The van der Waals surface area contributed by atoms with Crippen LogP contribution in [0.25, 0.3) is 5.65 Å². The second-order valence-electron chi connectivity index (χ2n) is 3.50. The quantitative estimate of drug-likeness (QED) is 0.805. The molecule has 0 saturated carbocycles. The Hall–Kier alpha value is -1.16. The van der Waals surface area contributed by atoms with Crippen LogP contribution in [0.2, 0.25) is 5.15 Å². The van der Waals surface area contributed by atoms with E-state index in [0.29, 0.717) is 16.7 Å². The summed E-state index contributed by atoms with van der Waals surface area (Å²) in [6.07, 6.45) is 5.36. The Morgan fingerprint density at radius 3 is 2.67 bits per heavy atom. The predicted octanol–water partition coefficient (Wildman–Crippen LogP) is 2.68. The largest absolute Gasteiger partial charge is 0.266 e. The molecule has 0 fully saturated rings. The van der Waals surface area contributed by atoms with Gasteiger partial charge in [-0.25, -0.2) is 0 Å². The van der Waals surface area contributed by atoms with Crippen molar-refractivity contribution in [2.24, 2.45) is 0 Å². The van der Waals surface area contributed by atoms with E-state index < -0.39 is 0 Å². The minimum Gasteiger partial charge on any atom is -0.266 e. The molecule has 2 aromatic rings. The first-order valence-electron chi connectivity index (χ1n) is 5.12. The van der Waals surface area contributed by atoms with Crippen molar-refractivity contribution >= 4 is 17.2 Å². The Labute approximate surface area is 93.3 Å². The second kappa shape index (κ2) is 4.14. The fourth-order valence-electron chi connectivity index (χ4n) is 1.75. The van der Waals surface area contributed by atoms with Crippen molar-refractivity contribution in [1.82, 2.24) is 19.6 Å². The smallest absolute Gasteiger partial charge is 0.180 e. The molecule has 15 heavy (non-hydrogen) atoms. The molecule has 0 atom stereocenters. The number of hydrogen-bond donors (Lipinski definition) is 0. The first-order valence-corrected chi connectivity index (χ1v) is 5.50. The van der Waals surface area contributed by atoms with Gasteiger partial charge in [0.25, 0.3) is 0 Å². The topological polar surface area (TPSA) is 43.1 Å². The summed E-state index contributed by atoms with van der Waals surface area (Å²) in [4.78, 5) is 3.98. The van der Waals surface area contributed by atoms with Crippen molar-refractivity contribution < 1.29 is 0 Å². The maximum atomic E-state index is 6.08. The average Bonchev–Trinajstić information content (AvgIpc) is 2.66. The summed E-state index contributed by atoms with van der Waals surface area (Å²) in [5.41, 5.74) is 0.712. The van der Waals surface area contributed by atoms with Gasteiger partial charge in [0, 0.05) is 5.92 Å². The molecule has 0 aliphatic heterocycles. The van der Waals surface area contributed by atoms with E-state index in [2.05, 4.69) is 29.0 Å². The molecule has 0 spiro atoms. The third-order valence-corrected chi connectivity index (χ3v) is 2.92. The van der Waals surface area contributed by atoms with E-state index in [0.717, 1.165) is 18.7 Å². The number of rotatable bonds is 3. The zero-order chi connectivity index (χ0) is 10.8. The zero-order valence-electron chi connectivity index (χ0n) is 8.81. The molecular weight excluding hydrogens is 212 g/mol. The van der Waals surface area contributed by atoms with Gasteiger partial charge in [-0.3, -0.25) is 9.38 Å². The number of fused-ring (bicyclic) bond motifs is 1. The van der Waals surface area contributed by atoms with Crippen molar-refractivity contribution in [3.63, 3.8) is 0 Å². The molecule has 0 aliphatic rings. The van der Waals surface area contributed by atoms with Gasteiger partial charge in [-0.05, 0) is 12.8 Å². The van der Waals surface area contributed by atoms with Crippen molar-refractivity contribution in [3.8, 4) is 0 Å². The van der Waals surface area contributed by atoms with E-state index in [1.807, 2.05) is 4.40 Å². The molecule has 0 aromatic carbocycles. The van der Waals surface area contributed by atoms with Gasteiger partial charge in [0.2, 0.25) is 0 Å². The van der Waals surface area contributed by atoms with E-state index in [-0.39, 0.29) is 0 Å². The molecule has 0 radical (unpaired) electrons. The van der Waals surface area contributed by atoms with Crippen molar-refractivity contribution in [3.05, 3.63) is 23.4 Å². The Morgan fingerprint density at radius 2 is 2.00 bits per heavy atom. The molecule has 0 bridgehead atoms. The molecular formula is C10H13ClN4. The SMILES string of the molecule is CCC(CC)c1nnc2cncc(Cl)n12. The lowest BCUT2D eigenvalue weighted by Crippen LogP contribution is -2.03. The van der Waals surface area contributed by atoms with Gasteiger partial charge in [-0.15, -0.1) is 10.2 Å². The van der Waals surface area contributed by atoms with Gasteiger partial charge >= 0.3 is 0 Å². The lowest BCUT2D eigenvalue weighted by molar-refractivity contribution is 0.595. The maximum Gasteiger partial charge on any atom is 0.180 e. The van der Waals surface area contributed by atoms with Crippen LogP contribution in [0.1, 0.15) is 38.4 Å². The van der Waals surface area contributed by atoms with Crippen LogP contribution in [-0.2, 0) is 0 Å². The molecule has 2 rings (SSSR count). The minimum atomic E-state index is 0.403. The van der Waals surface area contributed by atoms with Gasteiger partial charge in [0.15, 0.2) is 5.65 Å². The van der Waals surface area contributed by atoms with Crippen LogP contribution in [0.5, 0.6) is 0 Å². The molecule has 0 amide bonds. The average molecular weight is 225 g/mol. The lowest BCUT2D eigenvalue weighted by Gasteiger charge is -2.10. The van der Waals surface area contributed by atoms with Gasteiger partial charge in [-0.2, -0.15) is 0 Å². The van der Waals surface area contributed by atoms with E-state index in [9.17, 15) is 0 Å². The normalized spacial score (nSPS) is 11.5. The summed E-state index contributed by atoms with van der Waals surface area (Å²) in [5, 5.41) is 8.82. The standard InChI is InChI=1S/C10H13ClN4/c1-3-7(4-2)10-14-13-9-6-12-5-8(11)15(9)10/h5-7H,3-4H2,1-2H3. The summed E-state index contributed by atoms with van der Waals surface area (Å²) in [7, 11) is 0. The van der Waals surface area contributed by atoms with Crippen molar-refractivity contribution in [1.29, 1.82) is 0 Å². The third-order valence-electron chi connectivity index (χ3n) is 2.65. The van der Waals surface area contributed by atoms with Gasteiger partial charge in [-0.1, -0.05) is 25.4 Å². The van der Waals surface area contributed by atoms with Crippen molar-refractivity contribution in [2.45, 2.75) is 32.6 Å². The van der Waals surface area contributed by atoms with E-state index in [4.69, 9.17) is 11.6 Å². The fourth-order valence-corrected chi connectivity index (χ4v) is 1.98. The highest BCUT2D eigenvalue weighted by Gasteiger charge is 2.16. The number of nitrogens with zero attached hydrogens (tertiary/aromatic N) is 4. The molecule has 0 aliphatic carbocycles. The van der Waals surface area contributed by atoms with Crippen molar-refractivity contribution in [2.75, 3.05) is 0 Å². The minimum absolute atomic E-state index is 0.403. The van der Waals surface area contributed by atoms with Gasteiger partial charge in [0.05, 0.1) is 12.4 Å². The van der Waals surface area contributed by atoms with E-state index >= 15 is 0 Å². The number of halogens is 1. The highest BCUT2D eigenvalue weighted by molar-refractivity contribution is 6.29. The van der Waals surface area contributed by atoms with Gasteiger partial charge in [0.1, 0.15) is 11.0 Å². The Morgan fingerprint density at radius 1 is 1.27 bits per heavy atom. The zero-order valence-corrected chi connectivity index (χ0v) is 9.57. The van der Waals surface area contributed by atoms with Crippen LogP contribution in [0.4, 0.5) is 0 Å². The van der Waals surface area contributed by atoms with Crippen LogP contribution in [0.15, 0.2) is 12.4 Å². The Kier molecular flexibility index (Phi) is 2.86. The number of aromatic nitrogens is 4. The van der Waals surface area contributed by atoms with E-state index in [1.54, 1.807) is 12.4 Å². The summed E-state index contributed by atoms with van der Waals surface area (Å²) >= 11 is 6.08.